The third-order valence-corrected chi connectivity index (χ3v) is 4.74. The Morgan fingerprint density at radius 1 is 0.857 bits per heavy atom. The first-order valence-electron chi connectivity index (χ1n) is 9.07. The smallest absolute Gasteiger partial charge is 0.306 e. The molecule has 3 aromatic carbocycles. The van der Waals surface area contributed by atoms with E-state index in [1.807, 2.05) is 43.3 Å². The highest BCUT2D eigenvalue weighted by atomic mass is 35.5. The zero-order valence-corrected chi connectivity index (χ0v) is 16.4. The number of hydrogen-bond acceptors (Lipinski definition) is 2. The minimum Gasteiger partial charge on any atom is -0.306 e. The average Bonchev–Trinajstić information content (AvgIpc) is 2.71. The lowest BCUT2D eigenvalue weighted by molar-refractivity contribution is 0.252. The summed E-state index contributed by atoms with van der Waals surface area (Å²) in [5.41, 5.74) is 7.25. The number of urea groups is 1. The Morgan fingerprint density at radius 3 is 2.00 bits per heavy atom. The van der Waals surface area contributed by atoms with E-state index in [1.54, 1.807) is 18.2 Å². The van der Waals surface area contributed by atoms with E-state index in [9.17, 15) is 4.79 Å². The third-order valence-electron chi connectivity index (χ3n) is 4.33. The molecule has 0 heterocycles. The first-order valence-corrected chi connectivity index (χ1v) is 9.45. The fourth-order valence-corrected chi connectivity index (χ4v) is 3.00. The molecule has 0 saturated carbocycles. The van der Waals surface area contributed by atoms with Crippen LogP contribution >= 0.6 is 11.6 Å². The number of rotatable bonds is 6. The zero-order chi connectivity index (χ0) is 19.8. The molecule has 0 aliphatic heterocycles. The molecule has 3 aromatic rings. The Morgan fingerprint density at radius 2 is 1.43 bits per heavy atom. The molecule has 0 unspecified atom stereocenters. The van der Waals surface area contributed by atoms with Gasteiger partial charge in [-0.15, -0.1) is 0 Å². The number of anilines is 1. The van der Waals surface area contributed by atoms with Crippen molar-refractivity contribution in [1.82, 2.24) is 5.43 Å². The van der Waals surface area contributed by atoms with E-state index in [0.29, 0.717) is 23.6 Å². The van der Waals surface area contributed by atoms with E-state index >= 15 is 0 Å². The lowest BCUT2D eigenvalue weighted by Crippen LogP contribution is -2.26. The monoisotopic (exact) mass is 391 g/mol. The Balaban J connectivity index is 1.72. The second-order valence-corrected chi connectivity index (χ2v) is 6.89. The van der Waals surface area contributed by atoms with E-state index in [4.69, 9.17) is 11.6 Å². The van der Waals surface area contributed by atoms with Crippen molar-refractivity contribution in [2.24, 2.45) is 5.10 Å². The molecule has 0 fully saturated rings. The van der Waals surface area contributed by atoms with E-state index in [2.05, 4.69) is 40.1 Å². The molecule has 28 heavy (non-hydrogen) atoms. The average molecular weight is 392 g/mol. The van der Waals surface area contributed by atoms with Crippen molar-refractivity contribution < 1.29 is 4.79 Å². The molecule has 5 heteroatoms. The van der Waals surface area contributed by atoms with E-state index in [1.165, 1.54) is 0 Å². The zero-order valence-electron chi connectivity index (χ0n) is 15.7. The van der Waals surface area contributed by atoms with Gasteiger partial charge in [0.1, 0.15) is 0 Å². The van der Waals surface area contributed by atoms with Gasteiger partial charge in [-0.2, -0.15) is 5.10 Å². The van der Waals surface area contributed by atoms with Crippen molar-refractivity contribution in [3.05, 3.63) is 101 Å². The highest BCUT2D eigenvalue weighted by Gasteiger charge is 2.08. The second-order valence-electron chi connectivity index (χ2n) is 6.48. The number of hydrogen-bond donors (Lipinski definition) is 2. The van der Waals surface area contributed by atoms with Gasteiger partial charge in [0.15, 0.2) is 0 Å². The highest BCUT2D eigenvalue weighted by molar-refractivity contribution is 6.31. The number of nitrogens with zero attached hydrogens (tertiary/aromatic N) is 1. The molecule has 0 aromatic heterocycles. The molecule has 0 bridgehead atoms. The van der Waals surface area contributed by atoms with Crippen LogP contribution in [0.2, 0.25) is 5.02 Å². The maximum Gasteiger partial charge on any atom is 0.339 e. The highest BCUT2D eigenvalue weighted by Crippen LogP contribution is 2.22. The van der Waals surface area contributed by atoms with Gasteiger partial charge < -0.3 is 5.32 Å². The van der Waals surface area contributed by atoms with Crippen LogP contribution in [0.3, 0.4) is 0 Å². The maximum atomic E-state index is 12.3. The van der Waals surface area contributed by atoms with E-state index in [-0.39, 0.29) is 0 Å². The number of benzene rings is 3. The van der Waals surface area contributed by atoms with Crippen LogP contribution in [0.15, 0.2) is 84.0 Å². The van der Waals surface area contributed by atoms with Crippen LogP contribution < -0.4 is 10.7 Å². The molecule has 0 aliphatic carbocycles. The van der Waals surface area contributed by atoms with Gasteiger partial charge in [-0.1, -0.05) is 78.3 Å². The van der Waals surface area contributed by atoms with Gasteiger partial charge in [-0.05, 0) is 35.7 Å². The molecule has 0 spiro atoms. The number of halogens is 1. The van der Waals surface area contributed by atoms with Gasteiger partial charge in [-0.3, -0.25) is 0 Å². The van der Waals surface area contributed by atoms with Crippen molar-refractivity contribution >= 4 is 29.0 Å². The van der Waals surface area contributed by atoms with Crippen LogP contribution in [0.1, 0.15) is 16.7 Å². The van der Waals surface area contributed by atoms with Crippen molar-refractivity contribution in [3.8, 4) is 0 Å². The number of carbonyl (C=O) groups excluding carboxylic acids is 1. The van der Waals surface area contributed by atoms with Crippen molar-refractivity contribution in [3.63, 3.8) is 0 Å². The molecule has 3 rings (SSSR count). The number of amides is 2. The van der Waals surface area contributed by atoms with Crippen LogP contribution in [-0.2, 0) is 12.8 Å². The number of carbonyl (C=O) groups is 1. The van der Waals surface area contributed by atoms with Gasteiger partial charge in [0, 0.05) is 29.3 Å². The van der Waals surface area contributed by atoms with Crippen molar-refractivity contribution in [2.45, 2.75) is 19.8 Å². The first-order chi connectivity index (χ1) is 13.6. The standard InChI is InChI=1S/C23H22ClN3O/c1-17-21(24)13-8-14-22(17)25-23(28)27-26-20(15-18-9-4-2-5-10-18)16-19-11-6-3-7-12-19/h2-14H,15-16H2,1H3,(H2,25,27,28). The predicted octanol–water partition coefficient (Wildman–Crippen LogP) is 5.61. The van der Waals surface area contributed by atoms with Crippen LogP contribution in [0, 0.1) is 6.92 Å². The molecule has 0 saturated heterocycles. The normalized spacial score (nSPS) is 10.2. The molecular weight excluding hydrogens is 370 g/mol. The fraction of sp³-hybridized carbons (Fsp3) is 0.130. The predicted molar refractivity (Wildman–Crippen MR) is 116 cm³/mol. The van der Waals surface area contributed by atoms with Gasteiger partial charge in [0.2, 0.25) is 0 Å². The van der Waals surface area contributed by atoms with Gasteiger partial charge in [0.05, 0.1) is 0 Å². The quantitative estimate of drug-likeness (QED) is 0.416. The minimum atomic E-state index is -0.399. The molecule has 2 amide bonds. The van der Waals surface area contributed by atoms with Crippen LogP contribution in [0.4, 0.5) is 10.5 Å². The molecule has 0 aliphatic rings. The minimum absolute atomic E-state index is 0.399. The molecule has 4 nitrogen and oxygen atoms in total. The largest absolute Gasteiger partial charge is 0.339 e. The molecule has 2 N–H and O–H groups in total. The van der Waals surface area contributed by atoms with Crippen molar-refractivity contribution in [2.75, 3.05) is 5.32 Å². The Labute approximate surface area is 170 Å². The van der Waals surface area contributed by atoms with Crippen LogP contribution in [0.5, 0.6) is 0 Å². The summed E-state index contributed by atoms with van der Waals surface area (Å²) in [5.74, 6) is 0. The third kappa shape index (κ3) is 5.69. The summed E-state index contributed by atoms with van der Waals surface area (Å²) in [7, 11) is 0. The number of nitrogens with one attached hydrogen (secondary N) is 2. The summed E-state index contributed by atoms with van der Waals surface area (Å²) in [6, 6.07) is 25.2. The fourth-order valence-electron chi connectivity index (χ4n) is 2.83. The van der Waals surface area contributed by atoms with Gasteiger partial charge in [0.25, 0.3) is 0 Å². The first kappa shape index (κ1) is 19.6. The summed E-state index contributed by atoms with van der Waals surface area (Å²) in [4.78, 5) is 12.3. The Bertz CT molecular complexity index is 913. The second kappa shape index (κ2) is 9.72. The van der Waals surface area contributed by atoms with Crippen LogP contribution in [0.25, 0.3) is 0 Å². The summed E-state index contributed by atoms with van der Waals surface area (Å²) < 4.78 is 0. The topological polar surface area (TPSA) is 53.5 Å². The summed E-state index contributed by atoms with van der Waals surface area (Å²) in [6.07, 6.45) is 1.32. The van der Waals surface area contributed by atoms with Crippen LogP contribution in [-0.4, -0.2) is 11.7 Å². The Kier molecular flexibility index (Phi) is 6.82. The Hall–Kier alpha value is -3.11. The molecular formula is C23H22ClN3O. The van der Waals surface area contributed by atoms with Gasteiger partial charge in [-0.25, -0.2) is 10.2 Å². The van der Waals surface area contributed by atoms with Gasteiger partial charge >= 0.3 is 6.03 Å². The van der Waals surface area contributed by atoms with Crippen molar-refractivity contribution in [1.29, 1.82) is 0 Å². The maximum absolute atomic E-state index is 12.3. The summed E-state index contributed by atoms with van der Waals surface area (Å²) >= 11 is 6.11. The van der Waals surface area contributed by atoms with E-state index < -0.39 is 6.03 Å². The molecule has 142 valence electrons. The lowest BCUT2D eigenvalue weighted by atomic mass is 10.0. The van der Waals surface area contributed by atoms with E-state index in [0.717, 1.165) is 22.4 Å². The summed E-state index contributed by atoms with van der Waals surface area (Å²) in [5, 5.41) is 7.78. The molecule has 0 radical (unpaired) electrons. The molecule has 0 atom stereocenters. The number of hydrazone groups is 1. The summed E-state index contributed by atoms with van der Waals surface area (Å²) in [6.45, 7) is 1.86. The lowest BCUT2D eigenvalue weighted by Gasteiger charge is -2.11. The SMILES string of the molecule is Cc1c(Cl)cccc1NC(=O)NN=C(Cc1ccccc1)Cc1ccccc1.